The largest absolute Gasteiger partial charge is 0.566 e. The molecule has 1 saturated heterocycles. The summed E-state index contributed by atoms with van der Waals surface area (Å²) in [6.45, 7) is 7.96. The summed E-state index contributed by atoms with van der Waals surface area (Å²) < 4.78 is 24.7. The predicted molar refractivity (Wildman–Crippen MR) is 147 cm³/mol. The third kappa shape index (κ3) is 5.77. The average Bonchev–Trinajstić information content (AvgIpc) is 2.87. The molecule has 0 saturated carbocycles. The van der Waals surface area contributed by atoms with Gasteiger partial charge in [0.05, 0.1) is 17.9 Å². The Labute approximate surface area is 216 Å². The molecule has 0 spiro atoms. The Balaban J connectivity index is 1.51. The standard InChI is InChI=1S/C28H34N4O3S/c1-4-5-10-20(3)25(22-13-7-6-11-19(22)2)28(33)32-16-9-12-21(17-32)18-35-24-15-8-14-23-26(24)27(29)31-36(34)30-23/h5-8,10-11,13-15,21,30H,4,9,12,16-18H2,1-3H3,(H2,29,31)/b10-5+,25-20+/t21-,36?/m0/s1. The number of likely N-dealkylation sites (tertiary alicyclic amines) is 1. The summed E-state index contributed by atoms with van der Waals surface area (Å²) in [7, 11) is 0. The van der Waals surface area contributed by atoms with E-state index >= 15 is 0 Å². The summed E-state index contributed by atoms with van der Waals surface area (Å²) in [6.07, 6.45) is 6.95. The van der Waals surface area contributed by atoms with E-state index in [0.717, 1.165) is 48.1 Å². The van der Waals surface area contributed by atoms with Gasteiger partial charge in [-0.25, -0.2) is 0 Å². The fraction of sp³-hybridized carbons (Fsp3) is 0.357. The monoisotopic (exact) mass is 506 g/mol. The third-order valence-electron chi connectivity index (χ3n) is 6.57. The second kappa shape index (κ2) is 11.7. The van der Waals surface area contributed by atoms with Crippen LogP contribution in [0, 0.1) is 12.8 Å². The Kier molecular flexibility index (Phi) is 8.38. The number of carbonyl (C=O) groups excluding carboxylic acids is 1. The first-order chi connectivity index (χ1) is 17.4. The zero-order chi connectivity index (χ0) is 25.7. The third-order valence-corrected chi connectivity index (χ3v) is 7.32. The maximum Gasteiger partial charge on any atom is 0.254 e. The van der Waals surface area contributed by atoms with Gasteiger partial charge in [-0.3, -0.25) is 4.79 Å². The van der Waals surface area contributed by atoms with Gasteiger partial charge in [-0.1, -0.05) is 49.4 Å². The Morgan fingerprint density at radius 1 is 1.31 bits per heavy atom. The van der Waals surface area contributed by atoms with E-state index in [4.69, 9.17) is 10.5 Å². The van der Waals surface area contributed by atoms with Gasteiger partial charge < -0.3 is 19.9 Å². The summed E-state index contributed by atoms with van der Waals surface area (Å²) in [4.78, 5) is 15.8. The Hall–Kier alpha value is -3.23. The smallest absolute Gasteiger partial charge is 0.254 e. The van der Waals surface area contributed by atoms with Gasteiger partial charge in [-0.05, 0) is 66.3 Å². The van der Waals surface area contributed by atoms with Gasteiger partial charge in [0.15, 0.2) is 5.84 Å². The number of fused-ring (bicyclic) bond motifs is 1. The Morgan fingerprint density at radius 3 is 2.89 bits per heavy atom. The van der Waals surface area contributed by atoms with E-state index in [1.54, 1.807) is 6.07 Å². The summed E-state index contributed by atoms with van der Waals surface area (Å²) in [5.41, 5.74) is 11.1. The van der Waals surface area contributed by atoms with Crippen molar-refractivity contribution < 1.29 is 14.1 Å². The topological polar surface area (TPSA) is 103 Å². The van der Waals surface area contributed by atoms with E-state index in [1.165, 1.54) is 0 Å². The number of amidine groups is 1. The second-order valence-corrected chi connectivity index (χ2v) is 10.1. The zero-order valence-corrected chi connectivity index (χ0v) is 21.9. The fourth-order valence-corrected chi connectivity index (χ4v) is 5.41. The second-order valence-electron chi connectivity index (χ2n) is 9.26. The molecule has 7 nitrogen and oxygen atoms in total. The summed E-state index contributed by atoms with van der Waals surface area (Å²) in [5.74, 6) is 1.05. The lowest BCUT2D eigenvalue weighted by Gasteiger charge is -2.34. The first-order valence-corrected chi connectivity index (χ1v) is 13.5. The number of allylic oxidation sites excluding steroid dienone is 3. The van der Waals surface area contributed by atoms with Crippen molar-refractivity contribution in [2.24, 2.45) is 16.0 Å². The van der Waals surface area contributed by atoms with Crippen molar-refractivity contribution >= 4 is 34.6 Å². The predicted octanol–water partition coefficient (Wildman–Crippen LogP) is 4.76. The van der Waals surface area contributed by atoms with Crippen LogP contribution in [-0.2, 0) is 16.3 Å². The summed E-state index contributed by atoms with van der Waals surface area (Å²) in [5, 5.41) is 0. The summed E-state index contributed by atoms with van der Waals surface area (Å²) in [6, 6.07) is 13.5. The Bertz CT molecular complexity index is 1210. The number of carbonyl (C=O) groups is 1. The molecule has 0 aliphatic carbocycles. The van der Waals surface area contributed by atoms with Crippen molar-refractivity contribution in [3.63, 3.8) is 0 Å². The lowest BCUT2D eigenvalue weighted by molar-refractivity contribution is -0.127. The molecule has 3 N–H and O–H groups in total. The van der Waals surface area contributed by atoms with Crippen molar-refractivity contribution in [3.05, 3.63) is 76.9 Å². The van der Waals surface area contributed by atoms with Gasteiger partial charge in [0.1, 0.15) is 5.75 Å². The lowest BCUT2D eigenvalue weighted by atomic mass is 9.92. The molecular weight excluding hydrogens is 472 g/mol. The number of aryl methyl sites for hydroxylation is 1. The first kappa shape index (κ1) is 25.9. The van der Waals surface area contributed by atoms with E-state index in [9.17, 15) is 9.35 Å². The van der Waals surface area contributed by atoms with Gasteiger partial charge >= 0.3 is 0 Å². The lowest BCUT2D eigenvalue weighted by Crippen LogP contribution is -2.42. The molecule has 8 heteroatoms. The van der Waals surface area contributed by atoms with Crippen LogP contribution < -0.4 is 15.2 Å². The molecule has 2 aromatic carbocycles. The molecule has 1 unspecified atom stereocenters. The number of nitrogens with two attached hydrogens (primary N) is 1. The molecular formula is C28H34N4O3S. The normalized spacial score (nSPS) is 20.3. The van der Waals surface area contributed by atoms with Crippen molar-refractivity contribution in [3.8, 4) is 5.75 Å². The van der Waals surface area contributed by atoms with Crippen LogP contribution in [0.15, 0.2) is 64.6 Å². The van der Waals surface area contributed by atoms with Gasteiger partial charge in [0.25, 0.3) is 5.91 Å². The maximum absolute atomic E-state index is 13.9. The number of rotatable bonds is 7. The molecule has 0 aromatic heterocycles. The highest BCUT2D eigenvalue weighted by Crippen LogP contribution is 2.32. The molecule has 4 rings (SSSR count). The minimum absolute atomic E-state index is 0.0624. The molecule has 0 radical (unpaired) electrons. The molecule has 2 aliphatic rings. The number of anilines is 1. The number of nitrogens with zero attached hydrogens (tertiary/aromatic N) is 2. The molecule has 2 aromatic rings. The average molecular weight is 507 g/mol. The van der Waals surface area contributed by atoms with E-state index in [-0.39, 0.29) is 17.7 Å². The van der Waals surface area contributed by atoms with Crippen LogP contribution in [-0.4, -0.2) is 40.9 Å². The minimum Gasteiger partial charge on any atom is -0.566 e. The van der Waals surface area contributed by atoms with Crippen molar-refractivity contribution in [1.82, 2.24) is 4.90 Å². The van der Waals surface area contributed by atoms with E-state index in [1.807, 2.05) is 55.1 Å². The molecule has 1 amide bonds. The van der Waals surface area contributed by atoms with Crippen molar-refractivity contribution in [2.45, 2.75) is 40.0 Å². The van der Waals surface area contributed by atoms with Gasteiger partial charge in [-0.2, -0.15) is 4.72 Å². The van der Waals surface area contributed by atoms with Gasteiger partial charge in [0, 0.05) is 24.6 Å². The van der Waals surface area contributed by atoms with E-state index in [0.29, 0.717) is 30.2 Å². The number of hydrogen-bond acceptors (Lipinski definition) is 6. The van der Waals surface area contributed by atoms with Gasteiger partial charge in [-0.15, -0.1) is 0 Å². The molecule has 2 heterocycles. The van der Waals surface area contributed by atoms with Crippen molar-refractivity contribution in [2.75, 3.05) is 24.4 Å². The van der Waals surface area contributed by atoms with Crippen LogP contribution in [0.2, 0.25) is 0 Å². The maximum atomic E-state index is 13.9. The van der Waals surface area contributed by atoms with E-state index < -0.39 is 11.5 Å². The molecule has 190 valence electrons. The number of amides is 1. The highest BCUT2D eigenvalue weighted by molar-refractivity contribution is 7.91. The summed E-state index contributed by atoms with van der Waals surface area (Å²) >= 11 is -1.58. The SMILES string of the molecule is CC/C=C/C(C)=C(/C(=O)N1CCC[C@H](COc2cccc3c2C(N)=N[S+]([O-])N3)C1)c1ccccc1C. The zero-order valence-electron chi connectivity index (χ0n) is 21.1. The quantitative estimate of drug-likeness (QED) is 0.320. The van der Waals surface area contributed by atoms with Gasteiger partial charge in [0.2, 0.25) is 11.5 Å². The van der Waals surface area contributed by atoms with Crippen LogP contribution in [0.4, 0.5) is 5.69 Å². The molecule has 2 atom stereocenters. The van der Waals surface area contributed by atoms with Crippen LogP contribution >= 0.6 is 0 Å². The van der Waals surface area contributed by atoms with Crippen molar-refractivity contribution in [1.29, 1.82) is 0 Å². The number of hydrogen-bond donors (Lipinski definition) is 2. The molecule has 36 heavy (non-hydrogen) atoms. The number of piperidine rings is 1. The number of ether oxygens (including phenoxy) is 1. The van der Waals surface area contributed by atoms with E-state index in [2.05, 4.69) is 28.2 Å². The van der Waals surface area contributed by atoms with Crippen LogP contribution in [0.5, 0.6) is 5.75 Å². The fourth-order valence-electron chi connectivity index (χ4n) is 4.73. The molecule has 0 bridgehead atoms. The van der Waals surface area contributed by atoms with Crippen LogP contribution in [0.25, 0.3) is 5.57 Å². The highest BCUT2D eigenvalue weighted by atomic mass is 32.2. The number of benzene rings is 2. The Morgan fingerprint density at radius 2 is 2.11 bits per heavy atom. The molecule has 1 fully saturated rings. The minimum atomic E-state index is -1.58. The molecule has 2 aliphatic heterocycles. The number of nitrogens with one attached hydrogen (secondary N) is 1. The first-order valence-electron chi connectivity index (χ1n) is 12.4. The van der Waals surface area contributed by atoms with Crippen LogP contribution in [0.3, 0.4) is 0 Å². The highest BCUT2D eigenvalue weighted by Gasteiger charge is 2.29. The van der Waals surface area contributed by atoms with Crippen LogP contribution in [0.1, 0.15) is 49.8 Å².